The SMILES string of the molecule is CC(C)(C)OC(=O)N1CCC(CN(Cc2cc(/C=C/c3cncc(C#N)c3)cc(OCC(=O)NN)c2)C(=O)OC(C)(C)C)C1. The summed E-state index contributed by atoms with van der Waals surface area (Å²) < 4.78 is 17.0. The van der Waals surface area contributed by atoms with Gasteiger partial charge in [0.1, 0.15) is 23.0 Å². The standard InChI is InChI=1S/C32H42N6O6/c1-31(2,3)43-29(40)37-10-9-24(18-37)19-38(30(41)44-32(4,5)6)20-25-11-22(13-27(14-25)42-21-28(39)36-34)7-8-23-12-26(15-33)17-35-16-23/h7-8,11-14,16-17,24H,9-10,18-21,34H2,1-6H3,(H,36,39)/b8-7+. The van der Waals surface area contributed by atoms with Gasteiger partial charge in [-0.2, -0.15) is 5.26 Å². The highest BCUT2D eigenvalue weighted by atomic mass is 16.6. The quantitative estimate of drug-likeness (QED) is 0.238. The first-order chi connectivity index (χ1) is 20.6. The summed E-state index contributed by atoms with van der Waals surface area (Å²) in [4.78, 5) is 45.2. The van der Waals surface area contributed by atoms with Gasteiger partial charge in [-0.1, -0.05) is 12.2 Å². The Hall–Kier alpha value is -4.63. The summed E-state index contributed by atoms with van der Waals surface area (Å²) in [6.45, 7) is 12.1. The molecule has 12 heteroatoms. The lowest BCUT2D eigenvalue weighted by Gasteiger charge is -2.30. The van der Waals surface area contributed by atoms with Crippen LogP contribution in [0.5, 0.6) is 5.75 Å². The average Bonchev–Trinajstić information content (AvgIpc) is 3.41. The molecule has 0 spiro atoms. The van der Waals surface area contributed by atoms with Crippen molar-refractivity contribution in [2.45, 2.75) is 65.7 Å². The second-order valence-electron chi connectivity index (χ2n) is 12.7. The summed E-state index contributed by atoms with van der Waals surface area (Å²) in [6, 6.07) is 9.17. The maximum Gasteiger partial charge on any atom is 0.410 e. The molecule has 0 bridgehead atoms. The number of benzene rings is 1. The number of aromatic nitrogens is 1. The van der Waals surface area contributed by atoms with Crippen LogP contribution < -0.4 is 16.0 Å². The van der Waals surface area contributed by atoms with E-state index in [0.29, 0.717) is 37.4 Å². The Morgan fingerprint density at radius 1 is 1.07 bits per heavy atom. The molecular formula is C32H42N6O6. The van der Waals surface area contributed by atoms with E-state index in [4.69, 9.17) is 20.1 Å². The van der Waals surface area contributed by atoms with Crippen molar-refractivity contribution in [3.63, 3.8) is 0 Å². The van der Waals surface area contributed by atoms with Crippen molar-refractivity contribution in [3.05, 3.63) is 58.9 Å². The van der Waals surface area contributed by atoms with Crippen LogP contribution in [-0.2, 0) is 20.8 Å². The summed E-state index contributed by atoms with van der Waals surface area (Å²) >= 11 is 0. The number of hydrogen-bond donors (Lipinski definition) is 2. The monoisotopic (exact) mass is 606 g/mol. The van der Waals surface area contributed by atoms with Crippen molar-refractivity contribution in [1.82, 2.24) is 20.2 Å². The molecule has 1 aromatic heterocycles. The summed E-state index contributed by atoms with van der Waals surface area (Å²) in [5.74, 6) is 5.12. The molecule has 3 rings (SSSR count). The number of nitriles is 1. The summed E-state index contributed by atoms with van der Waals surface area (Å²) in [7, 11) is 0. The zero-order valence-electron chi connectivity index (χ0n) is 26.3. The number of nitrogens with zero attached hydrogens (tertiary/aromatic N) is 4. The molecule has 1 aromatic carbocycles. The molecule has 1 saturated heterocycles. The fourth-order valence-electron chi connectivity index (χ4n) is 4.49. The molecule has 44 heavy (non-hydrogen) atoms. The number of pyridine rings is 1. The zero-order valence-corrected chi connectivity index (χ0v) is 26.3. The number of carbonyl (C=O) groups excluding carboxylic acids is 3. The zero-order chi connectivity index (χ0) is 32.5. The molecule has 1 atom stereocenters. The van der Waals surface area contributed by atoms with E-state index in [1.165, 1.54) is 6.20 Å². The molecule has 12 nitrogen and oxygen atoms in total. The highest BCUT2D eigenvalue weighted by Crippen LogP contribution is 2.25. The van der Waals surface area contributed by atoms with E-state index < -0.39 is 23.2 Å². The maximum atomic E-state index is 13.4. The third-order valence-electron chi connectivity index (χ3n) is 6.32. The number of rotatable bonds is 9. The Balaban J connectivity index is 1.87. The lowest BCUT2D eigenvalue weighted by molar-refractivity contribution is -0.123. The lowest BCUT2D eigenvalue weighted by atomic mass is 10.1. The summed E-state index contributed by atoms with van der Waals surface area (Å²) in [5, 5.41) is 9.19. The molecule has 0 radical (unpaired) electrons. The van der Waals surface area contributed by atoms with Gasteiger partial charge in [0.2, 0.25) is 0 Å². The molecule has 2 heterocycles. The highest BCUT2D eigenvalue weighted by Gasteiger charge is 2.33. The van der Waals surface area contributed by atoms with E-state index in [1.54, 1.807) is 61.0 Å². The van der Waals surface area contributed by atoms with Gasteiger partial charge in [0.05, 0.1) is 5.56 Å². The number of carbonyl (C=O) groups is 3. The van der Waals surface area contributed by atoms with Gasteiger partial charge in [-0.25, -0.2) is 15.4 Å². The number of nitrogens with two attached hydrogens (primary N) is 1. The predicted molar refractivity (Wildman–Crippen MR) is 165 cm³/mol. The van der Waals surface area contributed by atoms with E-state index in [1.807, 2.05) is 38.3 Å². The summed E-state index contributed by atoms with van der Waals surface area (Å²) in [5.41, 5.74) is 3.34. The van der Waals surface area contributed by atoms with E-state index in [-0.39, 0.29) is 25.2 Å². The Labute approximate surface area is 258 Å². The van der Waals surface area contributed by atoms with Crippen molar-refractivity contribution in [2.75, 3.05) is 26.2 Å². The Morgan fingerprint density at radius 2 is 1.77 bits per heavy atom. The molecule has 0 aliphatic carbocycles. The van der Waals surface area contributed by atoms with Gasteiger partial charge in [-0.05, 0) is 94.8 Å². The Kier molecular flexibility index (Phi) is 11.3. The number of nitrogens with one attached hydrogen (secondary N) is 1. The first-order valence-corrected chi connectivity index (χ1v) is 14.4. The van der Waals surface area contributed by atoms with Gasteiger partial charge >= 0.3 is 12.2 Å². The smallest absolute Gasteiger partial charge is 0.410 e. The Bertz CT molecular complexity index is 1410. The lowest BCUT2D eigenvalue weighted by Crippen LogP contribution is -2.40. The van der Waals surface area contributed by atoms with Crippen LogP contribution in [0.4, 0.5) is 9.59 Å². The normalized spacial score (nSPS) is 15.0. The van der Waals surface area contributed by atoms with Crippen LogP contribution in [0.25, 0.3) is 12.2 Å². The second kappa shape index (κ2) is 14.7. The van der Waals surface area contributed by atoms with Crippen LogP contribution in [0.1, 0.15) is 70.2 Å². The minimum absolute atomic E-state index is 0.0157. The molecule has 1 unspecified atom stereocenters. The van der Waals surface area contributed by atoms with Crippen LogP contribution in [0.2, 0.25) is 0 Å². The van der Waals surface area contributed by atoms with Gasteiger partial charge in [0.25, 0.3) is 5.91 Å². The van der Waals surface area contributed by atoms with Crippen molar-refractivity contribution < 1.29 is 28.6 Å². The topological polar surface area (TPSA) is 160 Å². The fraction of sp³-hybridized carbons (Fsp3) is 0.469. The molecule has 236 valence electrons. The van der Waals surface area contributed by atoms with Gasteiger partial charge < -0.3 is 24.0 Å². The summed E-state index contributed by atoms with van der Waals surface area (Å²) in [6.07, 6.45) is 6.59. The van der Waals surface area contributed by atoms with Gasteiger partial charge in [0, 0.05) is 38.6 Å². The molecule has 3 N–H and O–H groups in total. The van der Waals surface area contributed by atoms with Gasteiger partial charge in [0.15, 0.2) is 6.61 Å². The third-order valence-corrected chi connectivity index (χ3v) is 6.32. The fourth-order valence-corrected chi connectivity index (χ4v) is 4.49. The largest absolute Gasteiger partial charge is 0.484 e. The average molecular weight is 607 g/mol. The van der Waals surface area contributed by atoms with E-state index in [9.17, 15) is 19.6 Å². The van der Waals surface area contributed by atoms with Crippen LogP contribution in [0.15, 0.2) is 36.7 Å². The molecule has 3 amide bonds. The van der Waals surface area contributed by atoms with Crippen LogP contribution >= 0.6 is 0 Å². The highest BCUT2D eigenvalue weighted by molar-refractivity contribution is 5.77. The minimum Gasteiger partial charge on any atom is -0.484 e. The number of likely N-dealkylation sites (tertiary alicyclic amines) is 1. The van der Waals surface area contributed by atoms with Crippen molar-refractivity contribution in [1.29, 1.82) is 5.26 Å². The van der Waals surface area contributed by atoms with Crippen molar-refractivity contribution in [3.8, 4) is 11.8 Å². The van der Waals surface area contributed by atoms with E-state index in [2.05, 4.69) is 11.1 Å². The van der Waals surface area contributed by atoms with Crippen LogP contribution in [-0.4, -0.2) is 70.3 Å². The molecular weight excluding hydrogens is 564 g/mol. The number of amides is 3. The molecule has 1 fully saturated rings. The number of hydrogen-bond acceptors (Lipinski definition) is 9. The van der Waals surface area contributed by atoms with Crippen molar-refractivity contribution >= 4 is 30.2 Å². The van der Waals surface area contributed by atoms with E-state index >= 15 is 0 Å². The first kappa shape index (κ1) is 33.9. The predicted octanol–water partition coefficient (Wildman–Crippen LogP) is 4.49. The number of hydrazine groups is 1. The first-order valence-electron chi connectivity index (χ1n) is 14.4. The minimum atomic E-state index is -0.714. The van der Waals surface area contributed by atoms with Crippen LogP contribution in [0.3, 0.4) is 0 Å². The molecule has 2 aromatic rings. The molecule has 0 saturated carbocycles. The maximum absolute atomic E-state index is 13.4. The van der Waals surface area contributed by atoms with Crippen LogP contribution in [0, 0.1) is 17.2 Å². The van der Waals surface area contributed by atoms with Crippen molar-refractivity contribution in [2.24, 2.45) is 11.8 Å². The molecule has 1 aliphatic rings. The second-order valence-corrected chi connectivity index (χ2v) is 12.7. The van der Waals surface area contributed by atoms with Gasteiger partial charge in [-0.15, -0.1) is 0 Å². The molecule has 1 aliphatic heterocycles. The Morgan fingerprint density at radius 3 is 2.43 bits per heavy atom. The number of ether oxygens (including phenoxy) is 3. The third kappa shape index (κ3) is 11.2. The van der Waals surface area contributed by atoms with Gasteiger partial charge in [-0.3, -0.25) is 15.2 Å². The van der Waals surface area contributed by atoms with E-state index in [0.717, 1.165) is 16.7 Å².